The molecule has 1 aliphatic rings. The molecule has 0 radical (unpaired) electrons. The maximum absolute atomic E-state index is 13.0. The van der Waals surface area contributed by atoms with Gasteiger partial charge in [-0.05, 0) is 24.1 Å². The van der Waals surface area contributed by atoms with E-state index in [-0.39, 0.29) is 23.6 Å². The van der Waals surface area contributed by atoms with Crippen molar-refractivity contribution in [3.05, 3.63) is 66.2 Å². The zero-order valence-electron chi connectivity index (χ0n) is 14.7. The number of nitrogens with zero attached hydrogens (tertiary/aromatic N) is 1. The fraction of sp³-hybridized carbons (Fsp3) is 0.333. The van der Waals surface area contributed by atoms with Crippen molar-refractivity contribution < 1.29 is 14.7 Å². The number of benzene rings is 2. The average molecular weight is 369 g/mol. The molecule has 0 saturated carbocycles. The predicted molar refractivity (Wildman–Crippen MR) is 103 cm³/mol. The molecule has 0 aromatic heterocycles. The molecular formula is C21H23NO3S. The summed E-state index contributed by atoms with van der Waals surface area (Å²) in [5.41, 5.74) is 0.985. The van der Waals surface area contributed by atoms with Gasteiger partial charge in [-0.15, -0.1) is 11.8 Å². The van der Waals surface area contributed by atoms with Crippen LogP contribution in [0.5, 0.6) is 0 Å². The lowest BCUT2D eigenvalue weighted by atomic mass is 9.89. The lowest BCUT2D eigenvalue weighted by Gasteiger charge is -2.22. The van der Waals surface area contributed by atoms with Crippen LogP contribution in [0.4, 0.5) is 0 Å². The monoisotopic (exact) mass is 369 g/mol. The number of hydrogen-bond acceptors (Lipinski definition) is 3. The van der Waals surface area contributed by atoms with E-state index in [2.05, 4.69) is 0 Å². The van der Waals surface area contributed by atoms with E-state index < -0.39 is 11.9 Å². The lowest BCUT2D eigenvalue weighted by Crippen LogP contribution is -2.36. The van der Waals surface area contributed by atoms with Gasteiger partial charge in [-0.1, -0.05) is 55.5 Å². The van der Waals surface area contributed by atoms with Crippen LogP contribution in [0.15, 0.2) is 65.6 Å². The molecule has 3 rings (SSSR count). The minimum Gasteiger partial charge on any atom is -0.481 e. The number of carbonyl (C=O) groups is 2. The highest BCUT2D eigenvalue weighted by Gasteiger charge is 2.41. The van der Waals surface area contributed by atoms with E-state index in [1.807, 2.05) is 67.6 Å². The fourth-order valence-electron chi connectivity index (χ4n) is 3.45. The maximum atomic E-state index is 13.0. The lowest BCUT2D eigenvalue weighted by molar-refractivity contribution is -0.141. The molecule has 136 valence electrons. The van der Waals surface area contributed by atoms with Gasteiger partial charge in [0.25, 0.3) is 0 Å². The number of likely N-dealkylation sites (tertiary alicyclic amines) is 1. The number of carboxylic acids is 1. The summed E-state index contributed by atoms with van der Waals surface area (Å²) in [6.07, 6.45) is 0.711. The van der Waals surface area contributed by atoms with Gasteiger partial charge in [0.2, 0.25) is 5.91 Å². The van der Waals surface area contributed by atoms with Crippen LogP contribution in [0.2, 0.25) is 0 Å². The normalized spacial score (nSPS) is 20.7. The first kappa shape index (κ1) is 18.5. The van der Waals surface area contributed by atoms with Gasteiger partial charge in [0.1, 0.15) is 0 Å². The molecule has 5 heteroatoms. The highest BCUT2D eigenvalue weighted by atomic mass is 32.2. The predicted octanol–water partition coefficient (Wildman–Crippen LogP) is 3.88. The molecule has 1 saturated heterocycles. The van der Waals surface area contributed by atoms with E-state index in [1.165, 1.54) is 0 Å². The van der Waals surface area contributed by atoms with Crippen LogP contribution in [-0.2, 0) is 9.59 Å². The van der Waals surface area contributed by atoms with Crippen molar-refractivity contribution in [3.8, 4) is 0 Å². The Bertz CT molecular complexity index is 750. The van der Waals surface area contributed by atoms with Gasteiger partial charge < -0.3 is 10.0 Å². The van der Waals surface area contributed by atoms with Crippen LogP contribution in [0.1, 0.15) is 24.8 Å². The standard InChI is InChI=1S/C21H23NO3S/c1-2-19(26-16-11-7-4-8-12-16)20(23)22-13-17(18(14-22)21(24)25)15-9-5-3-6-10-15/h3-12,17-19H,2,13-14H2,1H3,(H,24,25)/t17-,18-,19?/m0/s1. The van der Waals surface area contributed by atoms with E-state index in [4.69, 9.17) is 0 Å². The Kier molecular flexibility index (Phi) is 5.99. The van der Waals surface area contributed by atoms with Crippen LogP contribution in [-0.4, -0.2) is 40.2 Å². The highest BCUT2D eigenvalue weighted by molar-refractivity contribution is 8.00. The third-order valence-electron chi connectivity index (χ3n) is 4.84. The molecule has 4 nitrogen and oxygen atoms in total. The molecule has 1 unspecified atom stereocenters. The van der Waals surface area contributed by atoms with Crippen molar-refractivity contribution in [2.75, 3.05) is 13.1 Å². The highest BCUT2D eigenvalue weighted by Crippen LogP contribution is 2.35. The van der Waals surface area contributed by atoms with Gasteiger partial charge in [-0.25, -0.2) is 0 Å². The second-order valence-corrected chi connectivity index (χ2v) is 7.81. The van der Waals surface area contributed by atoms with Crippen molar-refractivity contribution in [3.63, 3.8) is 0 Å². The molecule has 1 N–H and O–H groups in total. The van der Waals surface area contributed by atoms with E-state index >= 15 is 0 Å². The van der Waals surface area contributed by atoms with E-state index in [1.54, 1.807) is 16.7 Å². The van der Waals surface area contributed by atoms with Crippen LogP contribution in [0, 0.1) is 5.92 Å². The third kappa shape index (κ3) is 4.10. The molecule has 1 aliphatic heterocycles. The Morgan fingerprint density at radius 2 is 1.69 bits per heavy atom. The van der Waals surface area contributed by atoms with Crippen molar-refractivity contribution >= 4 is 23.6 Å². The van der Waals surface area contributed by atoms with E-state index in [0.29, 0.717) is 13.0 Å². The van der Waals surface area contributed by atoms with E-state index in [0.717, 1.165) is 10.5 Å². The van der Waals surface area contributed by atoms with E-state index in [9.17, 15) is 14.7 Å². The zero-order valence-corrected chi connectivity index (χ0v) is 15.6. The number of thioether (sulfide) groups is 1. The SMILES string of the molecule is CCC(Sc1ccccc1)C(=O)N1C[C@H](C(=O)O)[C@H](c2ccccc2)C1. The van der Waals surface area contributed by atoms with Crippen molar-refractivity contribution in [1.29, 1.82) is 0 Å². The number of hydrogen-bond donors (Lipinski definition) is 1. The van der Waals surface area contributed by atoms with Gasteiger partial charge in [0.05, 0.1) is 11.2 Å². The molecule has 3 atom stereocenters. The first-order valence-electron chi connectivity index (χ1n) is 8.88. The largest absolute Gasteiger partial charge is 0.481 e. The molecular weight excluding hydrogens is 346 g/mol. The number of carbonyl (C=O) groups excluding carboxylic acids is 1. The Hall–Kier alpha value is -2.27. The summed E-state index contributed by atoms with van der Waals surface area (Å²) < 4.78 is 0. The minimum atomic E-state index is -0.835. The Labute approximate surface area is 158 Å². The molecule has 1 fully saturated rings. The zero-order chi connectivity index (χ0) is 18.5. The van der Waals surface area contributed by atoms with Gasteiger partial charge in [-0.3, -0.25) is 9.59 Å². The summed E-state index contributed by atoms with van der Waals surface area (Å²) in [5.74, 6) is -1.51. The minimum absolute atomic E-state index is 0.0334. The number of rotatable bonds is 6. The Morgan fingerprint density at radius 1 is 1.08 bits per heavy atom. The summed E-state index contributed by atoms with van der Waals surface area (Å²) in [7, 11) is 0. The summed E-state index contributed by atoms with van der Waals surface area (Å²) in [6, 6.07) is 19.5. The Balaban J connectivity index is 1.75. The molecule has 2 aromatic carbocycles. The van der Waals surface area contributed by atoms with Crippen LogP contribution in [0.25, 0.3) is 0 Å². The second kappa shape index (κ2) is 8.41. The molecule has 1 heterocycles. The van der Waals surface area contributed by atoms with Crippen LogP contribution >= 0.6 is 11.8 Å². The van der Waals surface area contributed by atoms with Crippen molar-refractivity contribution in [2.45, 2.75) is 29.4 Å². The summed E-state index contributed by atoms with van der Waals surface area (Å²) >= 11 is 1.55. The molecule has 0 spiro atoms. The van der Waals surface area contributed by atoms with Gasteiger partial charge >= 0.3 is 5.97 Å². The first-order chi connectivity index (χ1) is 12.6. The number of carboxylic acid groups (broad SMARTS) is 1. The summed E-state index contributed by atoms with van der Waals surface area (Å²) in [5, 5.41) is 9.44. The molecule has 0 bridgehead atoms. The van der Waals surface area contributed by atoms with Gasteiger partial charge in [0.15, 0.2) is 0 Å². The molecule has 0 aliphatic carbocycles. The van der Waals surface area contributed by atoms with Gasteiger partial charge in [-0.2, -0.15) is 0 Å². The second-order valence-electron chi connectivity index (χ2n) is 6.53. The smallest absolute Gasteiger partial charge is 0.308 e. The van der Waals surface area contributed by atoms with Crippen molar-refractivity contribution in [1.82, 2.24) is 4.90 Å². The average Bonchev–Trinajstić information content (AvgIpc) is 3.13. The number of aliphatic carboxylic acids is 1. The third-order valence-corrected chi connectivity index (χ3v) is 6.21. The Morgan fingerprint density at radius 3 is 2.27 bits per heavy atom. The quantitative estimate of drug-likeness (QED) is 0.785. The topological polar surface area (TPSA) is 57.6 Å². The number of amides is 1. The van der Waals surface area contributed by atoms with Crippen LogP contribution < -0.4 is 0 Å². The fourth-order valence-corrected chi connectivity index (χ4v) is 4.51. The molecule has 2 aromatic rings. The molecule has 1 amide bonds. The molecule has 26 heavy (non-hydrogen) atoms. The first-order valence-corrected chi connectivity index (χ1v) is 9.76. The van der Waals surface area contributed by atoms with Gasteiger partial charge in [0, 0.05) is 23.9 Å². The van der Waals surface area contributed by atoms with Crippen molar-refractivity contribution in [2.24, 2.45) is 5.92 Å². The summed E-state index contributed by atoms with van der Waals surface area (Å²) in [4.78, 5) is 27.6. The maximum Gasteiger partial charge on any atom is 0.308 e. The van der Waals surface area contributed by atoms with Crippen LogP contribution in [0.3, 0.4) is 0 Å². The summed E-state index contributed by atoms with van der Waals surface area (Å²) in [6.45, 7) is 2.74.